The Morgan fingerprint density at radius 1 is 1.30 bits per heavy atom. The number of hydrogen-bond donors (Lipinski definition) is 2. The van der Waals surface area contributed by atoms with E-state index in [1.807, 2.05) is 18.2 Å². The number of amides is 1. The van der Waals surface area contributed by atoms with Gasteiger partial charge in [-0.2, -0.15) is 10.3 Å². The van der Waals surface area contributed by atoms with Crippen molar-refractivity contribution >= 4 is 28.6 Å². The van der Waals surface area contributed by atoms with Crippen LogP contribution in [0.2, 0.25) is 0 Å². The van der Waals surface area contributed by atoms with Crippen molar-refractivity contribution in [3.05, 3.63) is 52.9 Å². The molecule has 0 aliphatic rings. The second-order valence-corrected chi connectivity index (χ2v) is 5.95. The predicted octanol–water partition coefficient (Wildman–Crippen LogP) is 1.03. The molecule has 0 aliphatic heterocycles. The number of benzene rings is 1. The van der Waals surface area contributed by atoms with Gasteiger partial charge in [-0.25, -0.2) is 0 Å². The fraction of sp³-hybridized carbons (Fsp3) is 0.200. The van der Waals surface area contributed by atoms with Gasteiger partial charge in [0, 0.05) is 29.9 Å². The molecule has 2 heterocycles. The summed E-state index contributed by atoms with van der Waals surface area (Å²) in [7, 11) is 0. The van der Waals surface area contributed by atoms with Crippen molar-refractivity contribution in [2.75, 3.05) is 12.3 Å². The van der Waals surface area contributed by atoms with Crippen molar-refractivity contribution in [2.24, 2.45) is 0 Å². The molecule has 0 aliphatic carbocycles. The lowest BCUT2D eigenvalue weighted by Crippen LogP contribution is -2.29. The fourth-order valence-electron chi connectivity index (χ4n) is 2.22. The monoisotopic (exact) mass is 329 g/mol. The Labute approximate surface area is 136 Å². The van der Waals surface area contributed by atoms with Crippen LogP contribution in [0.5, 0.6) is 0 Å². The Morgan fingerprint density at radius 2 is 2.17 bits per heavy atom. The summed E-state index contributed by atoms with van der Waals surface area (Å²) >= 11 is 1.51. The number of nitrogens with zero attached hydrogens (tertiary/aromatic N) is 3. The Hall–Kier alpha value is -2.61. The van der Waals surface area contributed by atoms with Crippen molar-refractivity contribution in [1.82, 2.24) is 25.3 Å². The van der Waals surface area contributed by atoms with E-state index in [0.29, 0.717) is 17.7 Å². The summed E-state index contributed by atoms with van der Waals surface area (Å²) in [5, 5.41) is 14.4. The number of nitrogens with one attached hydrogen (secondary N) is 2. The number of pyridine rings is 1. The normalized spacial score (nSPS) is 10.8. The van der Waals surface area contributed by atoms with Crippen LogP contribution in [0, 0.1) is 0 Å². The number of carbonyl (C=O) groups is 1. The zero-order valence-electron chi connectivity index (χ0n) is 12.2. The number of carbonyl (C=O) groups excluding carboxylic acids is 1. The van der Waals surface area contributed by atoms with Crippen LogP contribution in [-0.2, 0) is 11.3 Å². The minimum Gasteiger partial charge on any atom is -0.354 e. The maximum Gasteiger partial charge on any atom is 0.239 e. The SMILES string of the molecule is O=C(Cn1ccc(=O)c2ccccc21)NCCSc1cn[nH]n1. The standard InChI is InChI=1S/C15H15N5O2S/c21-13-5-7-20(12-4-2-1-3-11(12)13)10-14(22)16-6-8-23-15-9-17-19-18-15/h1-5,7,9H,6,8,10H2,(H,16,22)(H,17,18,19). The molecule has 1 amide bonds. The van der Waals surface area contributed by atoms with Crippen molar-refractivity contribution in [3.8, 4) is 0 Å². The molecule has 3 rings (SSSR count). The summed E-state index contributed by atoms with van der Waals surface area (Å²) in [6.45, 7) is 0.712. The topological polar surface area (TPSA) is 92.7 Å². The van der Waals surface area contributed by atoms with Gasteiger partial charge in [0.15, 0.2) is 5.43 Å². The number of fused-ring (bicyclic) bond motifs is 1. The molecule has 2 N–H and O–H groups in total. The van der Waals surface area contributed by atoms with Gasteiger partial charge >= 0.3 is 0 Å². The Morgan fingerprint density at radius 3 is 3.00 bits per heavy atom. The third-order valence-electron chi connectivity index (χ3n) is 3.27. The first-order valence-corrected chi connectivity index (χ1v) is 8.06. The molecule has 0 spiro atoms. The second kappa shape index (κ2) is 7.10. The van der Waals surface area contributed by atoms with E-state index in [2.05, 4.69) is 20.7 Å². The summed E-state index contributed by atoms with van der Waals surface area (Å²) in [5.41, 5.74) is 0.716. The van der Waals surface area contributed by atoms with Gasteiger partial charge in [-0.05, 0) is 12.1 Å². The minimum atomic E-state index is -0.0976. The molecule has 0 fully saturated rings. The highest BCUT2D eigenvalue weighted by Crippen LogP contribution is 2.11. The van der Waals surface area contributed by atoms with Crippen molar-refractivity contribution in [3.63, 3.8) is 0 Å². The van der Waals surface area contributed by atoms with Crippen molar-refractivity contribution < 1.29 is 4.79 Å². The molecule has 0 radical (unpaired) electrons. The van der Waals surface area contributed by atoms with E-state index in [9.17, 15) is 9.59 Å². The molecule has 3 aromatic rings. The van der Waals surface area contributed by atoms with Crippen LogP contribution in [0.3, 0.4) is 0 Å². The largest absolute Gasteiger partial charge is 0.354 e. The molecular formula is C15H15N5O2S. The Bertz CT molecular complexity index is 860. The van der Waals surface area contributed by atoms with Gasteiger partial charge in [-0.15, -0.1) is 16.9 Å². The van der Waals surface area contributed by atoms with E-state index in [-0.39, 0.29) is 17.9 Å². The Kier molecular flexibility index (Phi) is 4.72. The predicted molar refractivity (Wildman–Crippen MR) is 88.3 cm³/mol. The van der Waals surface area contributed by atoms with Crippen LogP contribution in [-0.4, -0.2) is 38.2 Å². The van der Waals surface area contributed by atoms with E-state index in [4.69, 9.17) is 0 Å². The molecular weight excluding hydrogens is 314 g/mol. The number of aromatic amines is 1. The van der Waals surface area contributed by atoms with Gasteiger partial charge in [-0.1, -0.05) is 12.1 Å². The first kappa shape index (κ1) is 15.3. The van der Waals surface area contributed by atoms with Crippen LogP contribution in [0.1, 0.15) is 0 Å². The van der Waals surface area contributed by atoms with E-state index >= 15 is 0 Å². The molecule has 7 nitrogen and oxygen atoms in total. The summed E-state index contributed by atoms with van der Waals surface area (Å²) in [6, 6.07) is 8.75. The highest BCUT2D eigenvalue weighted by atomic mass is 32.2. The summed E-state index contributed by atoms with van der Waals surface area (Å²) in [6.07, 6.45) is 3.29. The molecule has 2 aromatic heterocycles. The molecule has 23 heavy (non-hydrogen) atoms. The third-order valence-corrected chi connectivity index (χ3v) is 4.17. The van der Waals surface area contributed by atoms with Gasteiger partial charge in [-0.3, -0.25) is 9.59 Å². The molecule has 0 saturated heterocycles. The number of thioether (sulfide) groups is 1. The quantitative estimate of drug-likeness (QED) is 0.520. The number of H-pyrrole nitrogens is 1. The van der Waals surface area contributed by atoms with E-state index in [0.717, 1.165) is 10.5 Å². The molecule has 1 aromatic carbocycles. The molecule has 0 atom stereocenters. The van der Waals surface area contributed by atoms with Gasteiger partial charge < -0.3 is 9.88 Å². The van der Waals surface area contributed by atoms with Crippen molar-refractivity contribution in [1.29, 1.82) is 0 Å². The summed E-state index contributed by atoms with van der Waals surface area (Å²) < 4.78 is 1.77. The van der Waals surface area contributed by atoms with Crippen LogP contribution >= 0.6 is 11.8 Å². The van der Waals surface area contributed by atoms with Gasteiger partial charge in [0.05, 0.1) is 11.7 Å². The lowest BCUT2D eigenvalue weighted by molar-refractivity contribution is -0.121. The Balaban J connectivity index is 1.58. The fourth-order valence-corrected chi connectivity index (χ4v) is 2.86. The van der Waals surface area contributed by atoms with E-state index < -0.39 is 0 Å². The number of hydrogen-bond acceptors (Lipinski definition) is 5. The van der Waals surface area contributed by atoms with Crippen LogP contribution < -0.4 is 10.7 Å². The molecule has 0 saturated carbocycles. The zero-order valence-corrected chi connectivity index (χ0v) is 13.0. The molecule has 118 valence electrons. The third kappa shape index (κ3) is 3.78. The summed E-state index contributed by atoms with van der Waals surface area (Å²) in [5.74, 6) is 0.614. The maximum absolute atomic E-state index is 12.0. The number of rotatable bonds is 6. The van der Waals surface area contributed by atoms with Crippen LogP contribution in [0.15, 0.2) is 52.5 Å². The molecule has 0 unspecified atom stereocenters. The van der Waals surface area contributed by atoms with Crippen LogP contribution in [0.25, 0.3) is 10.9 Å². The number of para-hydroxylation sites is 1. The number of aromatic nitrogens is 4. The lowest BCUT2D eigenvalue weighted by Gasteiger charge is -2.10. The lowest BCUT2D eigenvalue weighted by atomic mass is 10.2. The van der Waals surface area contributed by atoms with E-state index in [1.54, 1.807) is 23.0 Å². The summed E-state index contributed by atoms with van der Waals surface area (Å²) in [4.78, 5) is 23.9. The van der Waals surface area contributed by atoms with E-state index in [1.165, 1.54) is 17.8 Å². The highest BCUT2D eigenvalue weighted by molar-refractivity contribution is 7.99. The maximum atomic E-state index is 12.0. The molecule has 8 heteroatoms. The smallest absolute Gasteiger partial charge is 0.239 e. The highest BCUT2D eigenvalue weighted by Gasteiger charge is 2.06. The second-order valence-electron chi connectivity index (χ2n) is 4.83. The first-order chi connectivity index (χ1) is 11.2. The van der Waals surface area contributed by atoms with Gasteiger partial charge in [0.25, 0.3) is 0 Å². The van der Waals surface area contributed by atoms with Gasteiger partial charge in [0.2, 0.25) is 5.91 Å². The zero-order chi connectivity index (χ0) is 16.1. The van der Waals surface area contributed by atoms with Crippen molar-refractivity contribution in [2.45, 2.75) is 11.6 Å². The first-order valence-electron chi connectivity index (χ1n) is 7.07. The average Bonchev–Trinajstić information content (AvgIpc) is 3.08. The van der Waals surface area contributed by atoms with Crippen LogP contribution in [0.4, 0.5) is 0 Å². The minimum absolute atomic E-state index is 0.0405. The average molecular weight is 329 g/mol. The van der Waals surface area contributed by atoms with Gasteiger partial charge in [0.1, 0.15) is 11.6 Å². The molecule has 0 bridgehead atoms.